The smallest absolute Gasteiger partial charge is 0.294 e. The lowest BCUT2D eigenvalue weighted by atomic mass is 10.1. The Morgan fingerprint density at radius 2 is 1.75 bits per heavy atom. The zero-order valence-electron chi connectivity index (χ0n) is 15.5. The molecule has 3 amide bonds. The summed E-state index contributed by atoms with van der Waals surface area (Å²) in [5.74, 6) is -1.03. The Balaban J connectivity index is 1.47. The average Bonchev–Trinajstić information content (AvgIpc) is 3.41. The minimum atomic E-state index is -0.494. The van der Waals surface area contributed by atoms with Gasteiger partial charge in [0.15, 0.2) is 0 Å². The standard InChI is InChI=1S/C20H22FN3O3S/c21-15-11-14(5-6-16(15)22-7-1-2-8-22)12-17-19(26)24(20(27)28-17)13-18(25)23-9-3-4-10-23/h5-6,11-12H,1-4,7-10,13H2/b17-12+. The third kappa shape index (κ3) is 3.78. The topological polar surface area (TPSA) is 60.9 Å². The number of carbonyl (C=O) groups is 3. The third-order valence-corrected chi connectivity index (χ3v) is 6.25. The summed E-state index contributed by atoms with van der Waals surface area (Å²) in [6.07, 6.45) is 5.54. The van der Waals surface area contributed by atoms with Crippen molar-refractivity contribution in [3.8, 4) is 0 Å². The highest BCUT2D eigenvalue weighted by atomic mass is 32.2. The molecule has 0 saturated carbocycles. The predicted octanol–water partition coefficient (Wildman–Crippen LogP) is 3.08. The number of amides is 3. The molecular weight excluding hydrogens is 381 g/mol. The fraction of sp³-hybridized carbons (Fsp3) is 0.450. The molecular formula is C20H22FN3O3S. The van der Waals surface area contributed by atoms with Crippen LogP contribution in [0.25, 0.3) is 6.08 Å². The van der Waals surface area contributed by atoms with Crippen LogP contribution in [0, 0.1) is 5.82 Å². The lowest BCUT2D eigenvalue weighted by Crippen LogP contribution is -2.40. The van der Waals surface area contributed by atoms with Crippen LogP contribution in [-0.4, -0.2) is 59.6 Å². The van der Waals surface area contributed by atoms with Gasteiger partial charge in [-0.05, 0) is 61.2 Å². The van der Waals surface area contributed by atoms with Crippen molar-refractivity contribution in [2.45, 2.75) is 25.7 Å². The second-order valence-corrected chi connectivity index (χ2v) is 8.25. The van der Waals surface area contributed by atoms with Crippen molar-refractivity contribution in [2.75, 3.05) is 37.6 Å². The molecule has 148 valence electrons. The van der Waals surface area contributed by atoms with E-state index in [9.17, 15) is 18.8 Å². The highest BCUT2D eigenvalue weighted by Gasteiger charge is 2.37. The molecule has 0 atom stereocenters. The van der Waals surface area contributed by atoms with E-state index in [1.807, 2.05) is 4.90 Å². The van der Waals surface area contributed by atoms with Crippen LogP contribution in [0.2, 0.25) is 0 Å². The Hall–Kier alpha value is -2.35. The van der Waals surface area contributed by atoms with Crippen molar-refractivity contribution in [2.24, 2.45) is 0 Å². The van der Waals surface area contributed by atoms with Crippen LogP contribution < -0.4 is 4.90 Å². The molecule has 3 aliphatic rings. The normalized spacial score (nSPS) is 21.5. The number of carbonyl (C=O) groups excluding carboxylic acids is 3. The van der Waals surface area contributed by atoms with Gasteiger partial charge < -0.3 is 9.80 Å². The molecule has 28 heavy (non-hydrogen) atoms. The second-order valence-electron chi connectivity index (χ2n) is 7.26. The van der Waals surface area contributed by atoms with Gasteiger partial charge in [-0.25, -0.2) is 4.39 Å². The summed E-state index contributed by atoms with van der Waals surface area (Å²) in [6.45, 7) is 2.81. The van der Waals surface area contributed by atoms with Gasteiger partial charge >= 0.3 is 0 Å². The van der Waals surface area contributed by atoms with Gasteiger partial charge in [0.1, 0.15) is 12.4 Å². The highest BCUT2D eigenvalue weighted by molar-refractivity contribution is 8.18. The summed E-state index contributed by atoms with van der Waals surface area (Å²) in [6, 6.07) is 4.85. The van der Waals surface area contributed by atoms with Crippen molar-refractivity contribution in [1.82, 2.24) is 9.80 Å². The fourth-order valence-corrected chi connectivity index (χ4v) is 4.66. The summed E-state index contributed by atoms with van der Waals surface area (Å²) in [7, 11) is 0. The van der Waals surface area contributed by atoms with E-state index >= 15 is 0 Å². The van der Waals surface area contributed by atoms with Crippen LogP contribution in [0.5, 0.6) is 0 Å². The van der Waals surface area contributed by atoms with E-state index in [1.165, 1.54) is 12.1 Å². The maximum absolute atomic E-state index is 14.5. The summed E-state index contributed by atoms with van der Waals surface area (Å²) in [5, 5.41) is -0.460. The lowest BCUT2D eigenvalue weighted by molar-refractivity contribution is -0.135. The maximum atomic E-state index is 14.5. The Bertz CT molecular complexity index is 845. The number of hydrogen-bond donors (Lipinski definition) is 0. The van der Waals surface area contributed by atoms with E-state index in [0.29, 0.717) is 24.3 Å². The monoisotopic (exact) mass is 403 g/mol. The number of imide groups is 1. The first-order chi connectivity index (χ1) is 13.5. The minimum absolute atomic E-state index is 0.206. The van der Waals surface area contributed by atoms with Gasteiger partial charge in [-0.15, -0.1) is 0 Å². The number of rotatable bonds is 4. The van der Waals surface area contributed by atoms with Crippen molar-refractivity contribution in [3.63, 3.8) is 0 Å². The summed E-state index contributed by atoms with van der Waals surface area (Å²) < 4.78 is 14.5. The molecule has 3 fully saturated rings. The van der Waals surface area contributed by atoms with Crippen molar-refractivity contribution in [3.05, 3.63) is 34.5 Å². The van der Waals surface area contributed by atoms with Gasteiger partial charge in [-0.2, -0.15) is 0 Å². The number of nitrogens with zero attached hydrogens (tertiary/aromatic N) is 3. The SMILES string of the molecule is O=C(CN1C(=O)S/C(=C/c2ccc(N3CCCC3)c(F)c2)C1=O)N1CCCC1. The number of halogens is 1. The van der Waals surface area contributed by atoms with Crippen LogP contribution in [0.4, 0.5) is 14.9 Å². The zero-order chi connectivity index (χ0) is 19.7. The maximum Gasteiger partial charge on any atom is 0.294 e. The molecule has 0 aromatic heterocycles. The van der Waals surface area contributed by atoms with Gasteiger partial charge in [-0.1, -0.05) is 6.07 Å². The van der Waals surface area contributed by atoms with Crippen molar-refractivity contribution >= 4 is 40.6 Å². The number of likely N-dealkylation sites (tertiary alicyclic amines) is 1. The molecule has 0 bridgehead atoms. The quantitative estimate of drug-likeness (QED) is 0.723. The van der Waals surface area contributed by atoms with Gasteiger partial charge in [0.2, 0.25) is 5.91 Å². The van der Waals surface area contributed by atoms with Gasteiger partial charge in [0, 0.05) is 26.2 Å². The van der Waals surface area contributed by atoms with Crippen LogP contribution in [0.1, 0.15) is 31.2 Å². The highest BCUT2D eigenvalue weighted by Crippen LogP contribution is 2.33. The molecule has 1 aromatic carbocycles. The van der Waals surface area contributed by atoms with Crippen LogP contribution in [0.15, 0.2) is 23.1 Å². The van der Waals surface area contributed by atoms with Gasteiger partial charge in [0.05, 0.1) is 10.6 Å². The fourth-order valence-electron chi connectivity index (χ4n) is 3.82. The molecule has 3 aliphatic heterocycles. The van der Waals surface area contributed by atoms with E-state index in [2.05, 4.69) is 0 Å². The van der Waals surface area contributed by atoms with Crippen molar-refractivity contribution < 1.29 is 18.8 Å². The third-order valence-electron chi connectivity index (χ3n) is 5.34. The minimum Gasteiger partial charge on any atom is -0.369 e. The first-order valence-electron chi connectivity index (χ1n) is 9.60. The molecule has 0 unspecified atom stereocenters. The van der Waals surface area contributed by atoms with Gasteiger partial charge in [-0.3, -0.25) is 19.3 Å². The van der Waals surface area contributed by atoms with Crippen LogP contribution >= 0.6 is 11.8 Å². The number of hydrogen-bond acceptors (Lipinski definition) is 5. The molecule has 3 saturated heterocycles. The van der Waals surface area contributed by atoms with Gasteiger partial charge in [0.25, 0.3) is 11.1 Å². The number of benzene rings is 1. The lowest BCUT2D eigenvalue weighted by Gasteiger charge is -2.19. The first-order valence-corrected chi connectivity index (χ1v) is 10.4. The molecule has 4 rings (SSSR count). The average molecular weight is 403 g/mol. The van der Waals surface area contributed by atoms with E-state index in [-0.39, 0.29) is 23.2 Å². The summed E-state index contributed by atoms with van der Waals surface area (Å²) in [5.41, 5.74) is 1.09. The summed E-state index contributed by atoms with van der Waals surface area (Å²) in [4.78, 5) is 41.9. The Morgan fingerprint density at radius 3 is 2.43 bits per heavy atom. The van der Waals surface area contributed by atoms with E-state index in [1.54, 1.807) is 17.0 Å². The van der Waals surface area contributed by atoms with Crippen LogP contribution in [-0.2, 0) is 9.59 Å². The van der Waals surface area contributed by atoms with E-state index in [4.69, 9.17) is 0 Å². The summed E-state index contributed by atoms with van der Waals surface area (Å²) >= 11 is 0.791. The molecule has 0 aliphatic carbocycles. The Kier molecular flexibility index (Phi) is 5.39. The predicted molar refractivity (Wildman–Crippen MR) is 106 cm³/mol. The Morgan fingerprint density at radius 1 is 1.07 bits per heavy atom. The zero-order valence-corrected chi connectivity index (χ0v) is 16.3. The number of thioether (sulfide) groups is 1. The molecule has 3 heterocycles. The first kappa shape index (κ1) is 19.0. The largest absolute Gasteiger partial charge is 0.369 e. The van der Waals surface area contributed by atoms with Crippen molar-refractivity contribution in [1.29, 1.82) is 0 Å². The number of anilines is 1. The van der Waals surface area contributed by atoms with E-state index in [0.717, 1.165) is 55.4 Å². The molecule has 0 spiro atoms. The molecule has 1 aromatic rings. The molecule has 0 N–H and O–H groups in total. The molecule has 0 radical (unpaired) electrons. The van der Waals surface area contributed by atoms with E-state index < -0.39 is 11.1 Å². The second kappa shape index (κ2) is 7.95. The molecule has 6 nitrogen and oxygen atoms in total. The van der Waals surface area contributed by atoms with Crippen LogP contribution in [0.3, 0.4) is 0 Å². The molecule has 8 heteroatoms. The Labute approximate surface area is 167 Å².